The summed E-state index contributed by atoms with van der Waals surface area (Å²) < 4.78 is 6.24. The zero-order chi connectivity index (χ0) is 30.6. The molecular weight excluding hydrogens is 560 g/mol. The number of carbonyl (C=O) groups is 2. The molecule has 43 heavy (non-hydrogen) atoms. The number of carboxylic acids is 1. The number of ether oxygens (including phenoxy) is 1. The minimum atomic E-state index is -0.985. The lowest BCUT2D eigenvalue weighted by Gasteiger charge is -2.19. The highest BCUT2D eigenvalue weighted by Gasteiger charge is 2.22. The third kappa shape index (κ3) is 8.14. The smallest absolute Gasteiger partial charge is 0.305 e. The van der Waals surface area contributed by atoms with Crippen molar-refractivity contribution < 1.29 is 19.4 Å². The van der Waals surface area contributed by atoms with Crippen LogP contribution in [-0.2, 0) is 23.1 Å². The molecule has 7 heteroatoms. The summed E-state index contributed by atoms with van der Waals surface area (Å²) in [6.45, 7) is 6.56. The molecule has 1 saturated carbocycles. The summed E-state index contributed by atoms with van der Waals surface area (Å²) in [7, 11) is 0. The highest BCUT2D eigenvalue weighted by atomic mass is 35.5. The van der Waals surface area contributed by atoms with Crippen LogP contribution in [0.1, 0.15) is 80.2 Å². The molecule has 2 N–H and O–H groups in total. The number of halogens is 1. The van der Waals surface area contributed by atoms with Crippen LogP contribution in [-0.4, -0.2) is 28.0 Å². The Balaban J connectivity index is 1.42. The van der Waals surface area contributed by atoms with E-state index in [1.54, 1.807) is 18.2 Å². The van der Waals surface area contributed by atoms with Gasteiger partial charge in [-0.3, -0.25) is 9.59 Å². The first-order chi connectivity index (χ1) is 20.5. The standard InChI is InChI=1S/C36H39ClN2O4/c1-36(2,3)26-12-15-29(16-13-26)43-30-14-11-25-20-33(39-32(31(25)22-30)19-23-7-4-5-8-23)35(42)38-28(21-34(40)41)18-24-9-6-10-27(37)17-24/h6,9-17,20,22-23,28H,4-5,7-8,18-19,21H2,1-3H3,(H,38,42)(H,40,41)/t28-/m0/s1. The number of carboxylic acid groups (broad SMARTS) is 1. The molecule has 0 radical (unpaired) electrons. The molecule has 1 atom stereocenters. The van der Waals surface area contributed by atoms with E-state index in [1.807, 2.05) is 42.5 Å². The molecule has 0 saturated heterocycles. The van der Waals surface area contributed by atoms with E-state index >= 15 is 0 Å². The van der Waals surface area contributed by atoms with Crippen LogP contribution < -0.4 is 10.1 Å². The van der Waals surface area contributed by atoms with Crippen molar-refractivity contribution in [2.75, 3.05) is 0 Å². The lowest BCUT2D eigenvalue weighted by atomic mass is 9.87. The van der Waals surface area contributed by atoms with Crippen molar-refractivity contribution in [1.29, 1.82) is 0 Å². The fourth-order valence-electron chi connectivity index (χ4n) is 5.87. The maximum Gasteiger partial charge on any atom is 0.305 e. The Morgan fingerprint density at radius 1 is 1.00 bits per heavy atom. The predicted octanol–water partition coefficient (Wildman–Crippen LogP) is 8.53. The Morgan fingerprint density at radius 3 is 2.40 bits per heavy atom. The van der Waals surface area contributed by atoms with Crippen LogP contribution in [0.15, 0.2) is 72.8 Å². The van der Waals surface area contributed by atoms with Gasteiger partial charge in [-0.05, 0) is 83.2 Å². The Kier molecular flexibility index (Phi) is 9.36. The fraction of sp³-hybridized carbons (Fsp3) is 0.361. The molecule has 4 aromatic rings. The van der Waals surface area contributed by atoms with Crippen LogP contribution >= 0.6 is 11.6 Å². The Labute approximate surface area is 258 Å². The molecule has 224 valence electrons. The molecule has 3 aromatic carbocycles. The molecule has 0 bridgehead atoms. The van der Waals surface area contributed by atoms with Crippen molar-refractivity contribution in [3.05, 3.63) is 100 Å². The highest BCUT2D eigenvalue weighted by Crippen LogP contribution is 2.33. The lowest BCUT2D eigenvalue weighted by Crippen LogP contribution is -2.38. The molecule has 1 aliphatic carbocycles. The lowest BCUT2D eigenvalue weighted by molar-refractivity contribution is -0.137. The maximum absolute atomic E-state index is 13.5. The number of hydrogen-bond donors (Lipinski definition) is 2. The van der Waals surface area contributed by atoms with Crippen molar-refractivity contribution >= 4 is 34.2 Å². The summed E-state index contributed by atoms with van der Waals surface area (Å²) >= 11 is 6.13. The number of carbonyl (C=O) groups excluding carboxylic acids is 1. The van der Waals surface area contributed by atoms with Crippen LogP contribution in [0.25, 0.3) is 10.8 Å². The molecule has 0 aliphatic heterocycles. The van der Waals surface area contributed by atoms with E-state index in [0.29, 0.717) is 23.1 Å². The van der Waals surface area contributed by atoms with E-state index in [1.165, 1.54) is 18.4 Å². The van der Waals surface area contributed by atoms with Gasteiger partial charge in [0.25, 0.3) is 5.91 Å². The van der Waals surface area contributed by atoms with E-state index in [2.05, 4.69) is 38.2 Å². The molecule has 0 unspecified atom stereocenters. The van der Waals surface area contributed by atoms with Gasteiger partial charge >= 0.3 is 5.97 Å². The van der Waals surface area contributed by atoms with Crippen LogP contribution in [0.4, 0.5) is 0 Å². The number of fused-ring (bicyclic) bond motifs is 1. The number of benzene rings is 3. The number of aliphatic carboxylic acids is 1. The zero-order valence-corrected chi connectivity index (χ0v) is 25.8. The van der Waals surface area contributed by atoms with Crippen LogP contribution in [0.3, 0.4) is 0 Å². The van der Waals surface area contributed by atoms with E-state index in [-0.39, 0.29) is 23.4 Å². The number of hydrogen-bond acceptors (Lipinski definition) is 4. The van der Waals surface area contributed by atoms with Gasteiger partial charge in [-0.1, -0.05) is 88.4 Å². The number of amides is 1. The largest absolute Gasteiger partial charge is 0.481 e. The molecular formula is C36H39ClN2O4. The van der Waals surface area contributed by atoms with Crippen molar-refractivity contribution in [2.24, 2.45) is 5.92 Å². The zero-order valence-electron chi connectivity index (χ0n) is 25.0. The second kappa shape index (κ2) is 13.2. The molecule has 5 rings (SSSR count). The minimum Gasteiger partial charge on any atom is -0.481 e. The third-order valence-electron chi connectivity index (χ3n) is 8.16. The topological polar surface area (TPSA) is 88.5 Å². The number of nitrogens with one attached hydrogen (secondary N) is 1. The molecule has 6 nitrogen and oxygen atoms in total. The summed E-state index contributed by atoms with van der Waals surface area (Å²) in [6.07, 6.45) is 5.63. The monoisotopic (exact) mass is 598 g/mol. The van der Waals surface area contributed by atoms with Gasteiger partial charge in [0.1, 0.15) is 17.2 Å². The summed E-state index contributed by atoms with van der Waals surface area (Å²) in [5.74, 6) is 0.623. The number of aromatic nitrogens is 1. The van der Waals surface area contributed by atoms with Gasteiger partial charge in [0.15, 0.2) is 0 Å². The number of nitrogens with zero attached hydrogens (tertiary/aromatic N) is 1. The molecule has 1 fully saturated rings. The molecule has 0 spiro atoms. The maximum atomic E-state index is 13.5. The number of pyridine rings is 1. The van der Waals surface area contributed by atoms with Crippen LogP contribution in [0, 0.1) is 5.92 Å². The third-order valence-corrected chi connectivity index (χ3v) is 8.39. The second-order valence-corrected chi connectivity index (χ2v) is 13.1. The van der Waals surface area contributed by atoms with Crippen LogP contribution in [0.2, 0.25) is 5.02 Å². The van der Waals surface area contributed by atoms with Gasteiger partial charge < -0.3 is 15.2 Å². The fourth-order valence-corrected chi connectivity index (χ4v) is 6.08. The second-order valence-electron chi connectivity index (χ2n) is 12.7. The average molecular weight is 599 g/mol. The summed E-state index contributed by atoms with van der Waals surface area (Å²) in [4.78, 5) is 30.0. The molecule has 1 amide bonds. The van der Waals surface area contributed by atoms with Gasteiger partial charge in [0, 0.05) is 22.1 Å². The van der Waals surface area contributed by atoms with Gasteiger partial charge in [0.05, 0.1) is 6.42 Å². The van der Waals surface area contributed by atoms with Crippen molar-refractivity contribution in [1.82, 2.24) is 10.3 Å². The van der Waals surface area contributed by atoms with E-state index in [4.69, 9.17) is 21.3 Å². The van der Waals surface area contributed by atoms with Gasteiger partial charge in [0.2, 0.25) is 0 Å². The van der Waals surface area contributed by atoms with Crippen molar-refractivity contribution in [2.45, 2.75) is 77.2 Å². The Bertz CT molecular complexity index is 1600. The highest BCUT2D eigenvalue weighted by molar-refractivity contribution is 6.30. The first-order valence-electron chi connectivity index (χ1n) is 15.0. The summed E-state index contributed by atoms with van der Waals surface area (Å²) in [6, 6.07) is 22.5. The number of rotatable bonds is 10. The first-order valence-corrected chi connectivity index (χ1v) is 15.4. The molecule has 1 aromatic heterocycles. The van der Waals surface area contributed by atoms with Gasteiger partial charge in [-0.25, -0.2) is 4.98 Å². The molecule has 1 aliphatic rings. The van der Waals surface area contributed by atoms with E-state index < -0.39 is 12.0 Å². The van der Waals surface area contributed by atoms with Crippen molar-refractivity contribution in [3.8, 4) is 11.5 Å². The molecule has 1 heterocycles. The van der Waals surface area contributed by atoms with Gasteiger partial charge in [-0.2, -0.15) is 0 Å². The average Bonchev–Trinajstić information content (AvgIpc) is 3.46. The Morgan fingerprint density at radius 2 is 1.72 bits per heavy atom. The SMILES string of the molecule is CC(C)(C)c1ccc(Oc2ccc3cc(C(=O)N[C@H](CC(=O)O)Cc4cccc(Cl)c4)nc(CC4CCCC4)c3c2)cc1. The minimum absolute atomic E-state index is 0.0647. The Hall–Kier alpha value is -3.90. The van der Waals surface area contributed by atoms with Crippen LogP contribution in [0.5, 0.6) is 11.5 Å². The normalized spacial score (nSPS) is 14.5. The summed E-state index contributed by atoms with van der Waals surface area (Å²) in [5, 5.41) is 14.9. The van der Waals surface area contributed by atoms with E-state index in [9.17, 15) is 14.7 Å². The van der Waals surface area contributed by atoms with Gasteiger partial charge in [-0.15, -0.1) is 0 Å². The van der Waals surface area contributed by atoms with Crippen molar-refractivity contribution in [3.63, 3.8) is 0 Å². The first kappa shape index (κ1) is 30.6. The summed E-state index contributed by atoms with van der Waals surface area (Å²) in [5.41, 5.74) is 3.31. The predicted molar refractivity (Wildman–Crippen MR) is 171 cm³/mol. The quantitative estimate of drug-likeness (QED) is 0.191. The van der Waals surface area contributed by atoms with E-state index in [0.717, 1.165) is 47.0 Å².